The van der Waals surface area contributed by atoms with Crippen LogP contribution < -0.4 is 5.19 Å². The molecule has 1 aromatic carbocycles. The van der Waals surface area contributed by atoms with Gasteiger partial charge in [0.15, 0.2) is 0 Å². The van der Waals surface area contributed by atoms with Gasteiger partial charge in [-0.25, -0.2) is 0 Å². The number of hydrogen-bond acceptors (Lipinski definition) is 0. The second-order valence-electron chi connectivity index (χ2n) is 1.96. The van der Waals surface area contributed by atoms with Crippen LogP contribution in [0.3, 0.4) is 0 Å². The van der Waals surface area contributed by atoms with E-state index in [1.54, 1.807) is 6.08 Å². The summed E-state index contributed by atoms with van der Waals surface area (Å²) in [5.74, 6) is 0. The molecular formula is C8H8Si. The van der Waals surface area contributed by atoms with Gasteiger partial charge in [0.25, 0.3) is 0 Å². The summed E-state index contributed by atoms with van der Waals surface area (Å²) in [6, 6.07) is 9.14. The molecule has 0 aliphatic rings. The first-order valence-corrected chi connectivity index (χ1v) is 3.87. The predicted octanol–water partition coefficient (Wildman–Crippen LogP) is -0.0763. The zero-order valence-electron chi connectivity index (χ0n) is 5.39. The minimum Gasteiger partial charge on any atom is -0.0634 e. The highest BCUT2D eigenvalue weighted by molar-refractivity contribution is 6.32. The van der Waals surface area contributed by atoms with Crippen LogP contribution in [-0.4, -0.2) is 10.2 Å². The van der Waals surface area contributed by atoms with Crippen molar-refractivity contribution in [3.05, 3.63) is 36.4 Å². The first kappa shape index (κ1) is 6.30. The van der Waals surface area contributed by atoms with Crippen LogP contribution in [0.15, 0.2) is 18.2 Å². The van der Waals surface area contributed by atoms with Gasteiger partial charge < -0.3 is 0 Å². The van der Waals surface area contributed by atoms with Crippen LogP contribution >= 0.6 is 0 Å². The molecule has 0 bridgehead atoms. The average molecular weight is 132 g/mol. The lowest BCUT2D eigenvalue weighted by atomic mass is 10.2. The zero-order valence-corrected chi connectivity index (χ0v) is 7.39. The Morgan fingerprint density at radius 3 is 2.78 bits per heavy atom. The summed E-state index contributed by atoms with van der Waals surface area (Å²) in [5.41, 5.74) is 0.988. The van der Waals surface area contributed by atoms with Crippen LogP contribution in [0.4, 0.5) is 0 Å². The van der Waals surface area contributed by atoms with Crippen molar-refractivity contribution in [1.29, 1.82) is 0 Å². The maximum absolute atomic E-state index is 5.28. The number of rotatable bonds is 1. The fourth-order valence-corrected chi connectivity index (χ4v) is 1.19. The third kappa shape index (κ3) is 1.54. The molecule has 0 spiro atoms. The second kappa shape index (κ2) is 2.64. The lowest BCUT2D eigenvalue weighted by molar-refractivity contribution is 1.69. The molecule has 1 aromatic rings. The van der Waals surface area contributed by atoms with Gasteiger partial charge in [-0.15, -0.1) is 0 Å². The number of hydrogen-bond donors (Lipinski definition) is 0. The van der Waals surface area contributed by atoms with E-state index in [2.05, 4.69) is 12.1 Å². The summed E-state index contributed by atoms with van der Waals surface area (Å²) in [6.07, 6.45) is 1.57. The third-order valence-corrected chi connectivity index (χ3v) is 1.73. The van der Waals surface area contributed by atoms with Crippen LogP contribution in [0.5, 0.6) is 0 Å². The SMILES string of the molecule is [CH]=Cc1[c]c([SiH3])ccc1. The van der Waals surface area contributed by atoms with E-state index >= 15 is 0 Å². The zero-order chi connectivity index (χ0) is 6.69. The van der Waals surface area contributed by atoms with Crippen molar-refractivity contribution in [3.63, 3.8) is 0 Å². The molecule has 1 heteroatoms. The molecule has 0 saturated heterocycles. The maximum atomic E-state index is 5.28. The van der Waals surface area contributed by atoms with E-state index < -0.39 is 0 Å². The Labute approximate surface area is 58.6 Å². The van der Waals surface area contributed by atoms with Crippen molar-refractivity contribution in [1.82, 2.24) is 0 Å². The van der Waals surface area contributed by atoms with Crippen molar-refractivity contribution in [2.45, 2.75) is 0 Å². The molecule has 0 fully saturated rings. The first-order valence-electron chi connectivity index (χ1n) is 2.87. The molecule has 0 saturated carbocycles. The Hall–Kier alpha value is -0.823. The molecule has 9 heavy (non-hydrogen) atoms. The highest BCUT2D eigenvalue weighted by atomic mass is 28.1. The van der Waals surface area contributed by atoms with Crippen LogP contribution in [0, 0.1) is 12.6 Å². The van der Waals surface area contributed by atoms with Gasteiger partial charge >= 0.3 is 0 Å². The summed E-state index contributed by atoms with van der Waals surface area (Å²) in [5, 5.41) is 1.26. The van der Waals surface area contributed by atoms with E-state index in [-0.39, 0.29) is 0 Å². The first-order chi connectivity index (χ1) is 4.33. The lowest BCUT2D eigenvalue weighted by Crippen LogP contribution is -2.00. The molecule has 44 valence electrons. The van der Waals surface area contributed by atoms with Crippen molar-refractivity contribution in [2.75, 3.05) is 0 Å². The normalized spacial score (nSPS) is 9.33. The summed E-state index contributed by atoms with van der Waals surface area (Å²) in [7, 11) is 1.05. The summed E-state index contributed by atoms with van der Waals surface area (Å²) >= 11 is 0. The number of benzene rings is 1. The molecule has 0 aromatic heterocycles. The van der Waals surface area contributed by atoms with Crippen LogP contribution in [-0.2, 0) is 0 Å². The Kier molecular flexibility index (Phi) is 1.85. The maximum Gasteiger partial charge on any atom is 0.0393 e. The summed E-state index contributed by atoms with van der Waals surface area (Å²) in [6.45, 7) is 5.28. The molecule has 0 unspecified atom stereocenters. The average Bonchev–Trinajstić information content (AvgIpc) is 1.88. The van der Waals surface area contributed by atoms with Crippen molar-refractivity contribution in [2.24, 2.45) is 0 Å². The lowest BCUT2D eigenvalue weighted by Gasteiger charge is -1.91. The Morgan fingerprint density at radius 2 is 2.33 bits per heavy atom. The van der Waals surface area contributed by atoms with Crippen LogP contribution in [0.1, 0.15) is 5.56 Å². The van der Waals surface area contributed by atoms with E-state index in [4.69, 9.17) is 6.58 Å². The van der Waals surface area contributed by atoms with E-state index in [0.717, 1.165) is 15.8 Å². The largest absolute Gasteiger partial charge is 0.0634 e. The van der Waals surface area contributed by atoms with E-state index in [0.29, 0.717) is 0 Å². The predicted molar refractivity (Wildman–Crippen MR) is 43.6 cm³/mol. The molecule has 2 radical (unpaired) electrons. The standard InChI is InChI=1S/C8H8Si/c1-2-7-4-3-5-8(9)6-7/h1-5H,9H3. The molecule has 1 rings (SSSR count). The molecular weight excluding hydrogens is 124 g/mol. The van der Waals surface area contributed by atoms with Gasteiger partial charge in [-0.3, -0.25) is 0 Å². The second-order valence-corrected chi connectivity index (χ2v) is 3.03. The minimum absolute atomic E-state index is 0.988. The van der Waals surface area contributed by atoms with Crippen LogP contribution in [0.25, 0.3) is 6.08 Å². The van der Waals surface area contributed by atoms with Crippen molar-refractivity contribution in [3.8, 4) is 0 Å². The van der Waals surface area contributed by atoms with Gasteiger partial charge in [0, 0.05) is 10.2 Å². The monoisotopic (exact) mass is 132 g/mol. The van der Waals surface area contributed by atoms with Gasteiger partial charge in [-0.1, -0.05) is 36.0 Å². The van der Waals surface area contributed by atoms with E-state index in [9.17, 15) is 0 Å². The summed E-state index contributed by atoms with van der Waals surface area (Å²) < 4.78 is 0. The Morgan fingerprint density at radius 1 is 1.56 bits per heavy atom. The molecule has 0 amide bonds. The fourth-order valence-electron chi connectivity index (χ4n) is 0.704. The fraction of sp³-hybridized carbons (Fsp3) is 0. The minimum atomic E-state index is 0.988. The van der Waals surface area contributed by atoms with Gasteiger partial charge in [0.2, 0.25) is 0 Å². The van der Waals surface area contributed by atoms with Crippen molar-refractivity contribution >= 4 is 21.5 Å². The molecule has 0 atom stereocenters. The summed E-state index contributed by atoms with van der Waals surface area (Å²) in [4.78, 5) is 0. The smallest absolute Gasteiger partial charge is 0.0393 e. The molecule has 0 nitrogen and oxygen atoms in total. The topological polar surface area (TPSA) is 0 Å². The molecule has 0 N–H and O–H groups in total. The third-order valence-electron chi connectivity index (χ3n) is 1.14. The molecule has 0 aliphatic carbocycles. The highest BCUT2D eigenvalue weighted by Gasteiger charge is 1.84. The van der Waals surface area contributed by atoms with Gasteiger partial charge in [-0.05, 0) is 11.6 Å². The quantitative estimate of drug-likeness (QED) is 0.469. The Bertz CT molecular complexity index is 216. The van der Waals surface area contributed by atoms with E-state index in [1.165, 1.54) is 5.19 Å². The molecule has 0 heterocycles. The van der Waals surface area contributed by atoms with Gasteiger partial charge in [0.1, 0.15) is 0 Å². The highest BCUT2D eigenvalue weighted by Crippen LogP contribution is 1.94. The van der Waals surface area contributed by atoms with Gasteiger partial charge in [0.05, 0.1) is 0 Å². The molecule has 0 aliphatic heterocycles. The van der Waals surface area contributed by atoms with E-state index in [1.807, 2.05) is 12.1 Å². The van der Waals surface area contributed by atoms with Gasteiger partial charge in [-0.2, -0.15) is 0 Å². The Balaban J connectivity index is 3.07. The van der Waals surface area contributed by atoms with Crippen LogP contribution in [0.2, 0.25) is 0 Å². The van der Waals surface area contributed by atoms with Crippen molar-refractivity contribution < 1.29 is 0 Å².